The monoisotopic (exact) mass is 416 g/mol. The van der Waals surface area contributed by atoms with Gasteiger partial charge in [0.15, 0.2) is 0 Å². The molecule has 1 aromatic carbocycles. The zero-order chi connectivity index (χ0) is 20.3. The fourth-order valence-electron chi connectivity index (χ4n) is 3.65. The van der Waals surface area contributed by atoms with E-state index in [1.54, 1.807) is 36.5 Å². The lowest BCUT2D eigenvalue weighted by Crippen LogP contribution is -2.40. The standard InChI is InChI=1S/C20H24N4O4S/c25-20(22-19-5-1-2-8-21-19)17-15-16(6-7-18(17)23-9-3-4-10-23)29(26,27)24-11-13-28-14-12-24/h1-2,5-8,15H,3-4,9-14H2,(H,21,22,25). The van der Waals surface area contributed by atoms with Crippen molar-refractivity contribution in [3.8, 4) is 0 Å². The van der Waals surface area contributed by atoms with Crippen LogP contribution in [0.15, 0.2) is 47.5 Å². The highest BCUT2D eigenvalue weighted by Crippen LogP contribution is 2.29. The van der Waals surface area contributed by atoms with Crippen LogP contribution in [0.2, 0.25) is 0 Å². The predicted octanol–water partition coefficient (Wildman–Crippen LogP) is 1.96. The first kappa shape index (κ1) is 19.8. The first-order valence-corrected chi connectivity index (χ1v) is 11.2. The maximum absolute atomic E-state index is 13.1. The van der Waals surface area contributed by atoms with Gasteiger partial charge in [0.05, 0.1) is 23.7 Å². The highest BCUT2D eigenvalue weighted by atomic mass is 32.2. The second kappa shape index (κ2) is 8.48. The molecule has 0 bridgehead atoms. The molecule has 2 saturated heterocycles. The molecule has 1 amide bonds. The van der Waals surface area contributed by atoms with E-state index >= 15 is 0 Å². The van der Waals surface area contributed by atoms with Crippen molar-refractivity contribution in [2.45, 2.75) is 17.7 Å². The van der Waals surface area contributed by atoms with Crippen LogP contribution in [0, 0.1) is 0 Å². The number of morpholine rings is 1. The molecule has 2 fully saturated rings. The molecular formula is C20H24N4O4S. The van der Waals surface area contributed by atoms with E-state index in [4.69, 9.17) is 4.74 Å². The van der Waals surface area contributed by atoms with Crippen molar-refractivity contribution in [2.24, 2.45) is 0 Å². The van der Waals surface area contributed by atoms with Crippen molar-refractivity contribution in [2.75, 3.05) is 49.6 Å². The summed E-state index contributed by atoms with van der Waals surface area (Å²) in [5.41, 5.74) is 1.09. The lowest BCUT2D eigenvalue weighted by atomic mass is 10.1. The Kier molecular flexibility index (Phi) is 5.79. The van der Waals surface area contributed by atoms with Crippen LogP contribution in [0.3, 0.4) is 0 Å². The molecule has 1 aromatic heterocycles. The maximum atomic E-state index is 13.1. The number of carbonyl (C=O) groups is 1. The van der Waals surface area contributed by atoms with Gasteiger partial charge < -0.3 is 15.0 Å². The van der Waals surface area contributed by atoms with Crippen LogP contribution in [-0.4, -0.2) is 63.0 Å². The summed E-state index contributed by atoms with van der Waals surface area (Å²) in [6, 6.07) is 10.1. The summed E-state index contributed by atoms with van der Waals surface area (Å²) >= 11 is 0. The molecule has 154 valence electrons. The van der Waals surface area contributed by atoms with Crippen LogP contribution in [0.25, 0.3) is 0 Å². The fourth-order valence-corrected chi connectivity index (χ4v) is 5.08. The minimum atomic E-state index is -3.69. The van der Waals surface area contributed by atoms with Gasteiger partial charge in [-0.25, -0.2) is 13.4 Å². The van der Waals surface area contributed by atoms with Crippen LogP contribution >= 0.6 is 0 Å². The van der Waals surface area contributed by atoms with E-state index in [0.717, 1.165) is 31.6 Å². The first-order valence-electron chi connectivity index (χ1n) is 9.75. The van der Waals surface area contributed by atoms with Gasteiger partial charge in [-0.15, -0.1) is 0 Å². The number of ether oxygens (including phenoxy) is 1. The Labute approximate surface area is 170 Å². The molecule has 8 nitrogen and oxygen atoms in total. The number of anilines is 2. The maximum Gasteiger partial charge on any atom is 0.258 e. The minimum absolute atomic E-state index is 0.119. The third kappa shape index (κ3) is 4.26. The van der Waals surface area contributed by atoms with Gasteiger partial charge in [0, 0.05) is 38.1 Å². The number of sulfonamides is 1. The Morgan fingerprint density at radius 3 is 2.48 bits per heavy atom. The average molecular weight is 417 g/mol. The molecule has 29 heavy (non-hydrogen) atoms. The number of nitrogens with one attached hydrogen (secondary N) is 1. The van der Waals surface area contributed by atoms with Gasteiger partial charge in [-0.1, -0.05) is 6.07 Å². The van der Waals surface area contributed by atoms with Crippen LogP contribution in [0.5, 0.6) is 0 Å². The molecule has 2 aliphatic rings. The summed E-state index contributed by atoms with van der Waals surface area (Å²) in [4.78, 5) is 19.4. The van der Waals surface area contributed by atoms with Gasteiger partial charge in [-0.3, -0.25) is 4.79 Å². The second-order valence-corrected chi connectivity index (χ2v) is 9.00. The van der Waals surface area contributed by atoms with Gasteiger partial charge in [0.2, 0.25) is 10.0 Å². The van der Waals surface area contributed by atoms with Crippen molar-refractivity contribution in [3.63, 3.8) is 0 Å². The van der Waals surface area contributed by atoms with E-state index in [2.05, 4.69) is 15.2 Å². The van der Waals surface area contributed by atoms with Gasteiger partial charge in [-0.05, 0) is 43.2 Å². The highest BCUT2D eigenvalue weighted by Gasteiger charge is 2.29. The number of benzene rings is 1. The molecule has 0 radical (unpaired) electrons. The third-order valence-electron chi connectivity index (χ3n) is 5.17. The zero-order valence-electron chi connectivity index (χ0n) is 16.1. The summed E-state index contributed by atoms with van der Waals surface area (Å²) in [6.45, 7) is 3.06. The summed E-state index contributed by atoms with van der Waals surface area (Å²) in [7, 11) is -3.69. The van der Waals surface area contributed by atoms with E-state index < -0.39 is 10.0 Å². The Hall–Kier alpha value is -2.49. The van der Waals surface area contributed by atoms with E-state index in [9.17, 15) is 13.2 Å². The number of rotatable bonds is 5. The van der Waals surface area contributed by atoms with Crippen LogP contribution in [0.4, 0.5) is 11.5 Å². The van der Waals surface area contributed by atoms with Crippen LogP contribution in [-0.2, 0) is 14.8 Å². The Morgan fingerprint density at radius 2 is 1.79 bits per heavy atom. The molecule has 2 aliphatic heterocycles. The zero-order valence-corrected chi connectivity index (χ0v) is 16.9. The fraction of sp³-hybridized carbons (Fsp3) is 0.400. The molecule has 2 aromatic rings. The smallest absolute Gasteiger partial charge is 0.258 e. The predicted molar refractivity (Wildman–Crippen MR) is 110 cm³/mol. The van der Waals surface area contributed by atoms with Crippen molar-refractivity contribution in [1.29, 1.82) is 0 Å². The second-order valence-electron chi connectivity index (χ2n) is 7.06. The van der Waals surface area contributed by atoms with E-state index in [1.165, 1.54) is 10.4 Å². The largest absolute Gasteiger partial charge is 0.379 e. The minimum Gasteiger partial charge on any atom is -0.379 e. The SMILES string of the molecule is O=C(Nc1ccccn1)c1cc(S(=O)(=O)N2CCOCC2)ccc1N1CCCC1. The average Bonchev–Trinajstić information content (AvgIpc) is 3.29. The number of pyridine rings is 1. The topological polar surface area (TPSA) is 91.8 Å². The van der Waals surface area contributed by atoms with Crippen molar-refractivity contribution >= 4 is 27.4 Å². The normalized spacial score (nSPS) is 18.0. The molecule has 0 unspecified atom stereocenters. The van der Waals surface area contributed by atoms with Crippen molar-refractivity contribution in [3.05, 3.63) is 48.2 Å². The summed E-state index contributed by atoms with van der Waals surface area (Å²) in [5.74, 6) is 0.0518. The van der Waals surface area contributed by atoms with Gasteiger partial charge >= 0.3 is 0 Å². The molecular weight excluding hydrogens is 392 g/mol. The van der Waals surface area contributed by atoms with Crippen LogP contribution < -0.4 is 10.2 Å². The number of aromatic nitrogens is 1. The molecule has 0 aliphatic carbocycles. The third-order valence-corrected chi connectivity index (χ3v) is 7.07. The quantitative estimate of drug-likeness (QED) is 0.801. The molecule has 1 N–H and O–H groups in total. The van der Waals surface area contributed by atoms with Gasteiger partial charge in [0.25, 0.3) is 5.91 Å². The Bertz CT molecular complexity index is 969. The highest BCUT2D eigenvalue weighted by molar-refractivity contribution is 7.89. The number of carbonyl (C=O) groups excluding carboxylic acids is 1. The molecule has 0 saturated carbocycles. The summed E-state index contributed by atoms with van der Waals surface area (Å²) in [5, 5.41) is 2.78. The van der Waals surface area contributed by atoms with Crippen molar-refractivity contribution < 1.29 is 17.9 Å². The number of hydrogen-bond acceptors (Lipinski definition) is 6. The van der Waals surface area contributed by atoms with Gasteiger partial charge in [-0.2, -0.15) is 4.31 Å². The van der Waals surface area contributed by atoms with E-state index in [0.29, 0.717) is 37.7 Å². The van der Waals surface area contributed by atoms with E-state index in [1.807, 2.05) is 0 Å². The number of amides is 1. The Balaban J connectivity index is 1.69. The molecule has 0 spiro atoms. The van der Waals surface area contributed by atoms with E-state index in [-0.39, 0.29) is 10.8 Å². The van der Waals surface area contributed by atoms with Crippen molar-refractivity contribution in [1.82, 2.24) is 9.29 Å². The summed E-state index contributed by atoms with van der Waals surface area (Å²) < 4.78 is 32.8. The summed E-state index contributed by atoms with van der Waals surface area (Å²) in [6.07, 6.45) is 3.69. The first-order chi connectivity index (χ1) is 14.1. The lowest BCUT2D eigenvalue weighted by molar-refractivity contribution is 0.0730. The van der Waals surface area contributed by atoms with Crippen LogP contribution in [0.1, 0.15) is 23.2 Å². The molecule has 0 atom stereocenters. The molecule has 9 heteroatoms. The number of hydrogen-bond donors (Lipinski definition) is 1. The molecule has 3 heterocycles. The lowest BCUT2D eigenvalue weighted by Gasteiger charge is -2.27. The van der Waals surface area contributed by atoms with Gasteiger partial charge in [0.1, 0.15) is 5.82 Å². The Morgan fingerprint density at radius 1 is 1.03 bits per heavy atom. The molecule has 4 rings (SSSR count). The number of nitrogens with zero attached hydrogens (tertiary/aromatic N) is 3.